The molecule has 0 aliphatic carbocycles. The van der Waals surface area contributed by atoms with Crippen molar-refractivity contribution in [1.29, 1.82) is 0 Å². The molecule has 38 heavy (non-hydrogen) atoms. The first-order chi connectivity index (χ1) is 18.7. The summed E-state index contributed by atoms with van der Waals surface area (Å²) >= 11 is 0. The summed E-state index contributed by atoms with van der Waals surface area (Å²) in [6, 6.07) is 25.0. The summed E-state index contributed by atoms with van der Waals surface area (Å²) < 4.78 is 2.98. The number of nitrogens with zero attached hydrogens (tertiary/aromatic N) is 5. The van der Waals surface area contributed by atoms with Gasteiger partial charge in [0, 0.05) is 23.0 Å². The molecule has 0 bridgehead atoms. The minimum absolute atomic E-state index is 0.307. The fourth-order valence-corrected chi connectivity index (χ4v) is 4.68. The quantitative estimate of drug-likeness (QED) is 0.257. The van der Waals surface area contributed by atoms with E-state index in [4.69, 9.17) is 0 Å². The van der Waals surface area contributed by atoms with Crippen molar-refractivity contribution < 1.29 is 4.79 Å². The Morgan fingerprint density at radius 2 is 1.61 bits per heavy atom. The van der Waals surface area contributed by atoms with Gasteiger partial charge in [0.15, 0.2) is 5.82 Å². The van der Waals surface area contributed by atoms with E-state index >= 15 is 0 Å². The Morgan fingerprint density at radius 3 is 2.32 bits per heavy atom. The van der Waals surface area contributed by atoms with Crippen LogP contribution in [0.4, 0.5) is 0 Å². The smallest absolute Gasteiger partial charge is 0.292 e. The van der Waals surface area contributed by atoms with Gasteiger partial charge in [0.1, 0.15) is 0 Å². The van der Waals surface area contributed by atoms with E-state index in [9.17, 15) is 9.59 Å². The molecule has 0 aliphatic heterocycles. The number of benzene rings is 3. The highest BCUT2D eigenvalue weighted by Gasteiger charge is 2.18. The van der Waals surface area contributed by atoms with Gasteiger partial charge in [0.05, 0.1) is 6.54 Å². The van der Waals surface area contributed by atoms with Crippen LogP contribution in [-0.4, -0.2) is 35.7 Å². The number of aromatic nitrogens is 6. The van der Waals surface area contributed by atoms with Gasteiger partial charge in [-0.25, -0.2) is 14.5 Å². The number of hydrogen-bond donors (Lipinski definition) is 1. The number of aromatic amines is 1. The topological polar surface area (TPSA) is 98.5 Å². The number of nitrogens with one attached hydrogen (secondary N) is 1. The Bertz CT molecular complexity index is 1550. The number of hydrogen-bond acceptors (Lipinski definition) is 5. The Kier molecular flexibility index (Phi) is 7.68. The minimum atomic E-state index is -0.309. The molecule has 0 atom stereocenters. The number of aryl methyl sites for hydroxylation is 1. The molecule has 8 nitrogen and oxygen atoms in total. The molecule has 192 valence electrons. The Morgan fingerprint density at radius 1 is 0.868 bits per heavy atom. The van der Waals surface area contributed by atoms with Crippen LogP contribution in [-0.2, 0) is 13.0 Å². The summed E-state index contributed by atoms with van der Waals surface area (Å²) in [4.78, 5) is 26.6. The number of unbranched alkanes of at least 4 members (excludes halogenated alkanes) is 3. The molecule has 2 aromatic heterocycles. The second-order valence-electron chi connectivity index (χ2n) is 9.33. The lowest BCUT2D eigenvalue weighted by molar-refractivity contribution is 0.0955. The molecule has 2 heterocycles. The van der Waals surface area contributed by atoms with E-state index in [0.29, 0.717) is 17.9 Å². The van der Waals surface area contributed by atoms with E-state index in [1.54, 1.807) is 35.0 Å². The third-order valence-corrected chi connectivity index (χ3v) is 6.72. The van der Waals surface area contributed by atoms with Gasteiger partial charge < -0.3 is 0 Å². The third kappa shape index (κ3) is 5.39. The van der Waals surface area contributed by atoms with Crippen molar-refractivity contribution in [3.8, 4) is 22.5 Å². The predicted molar refractivity (Wildman–Crippen MR) is 147 cm³/mol. The minimum Gasteiger partial charge on any atom is -0.292 e. The van der Waals surface area contributed by atoms with Crippen molar-refractivity contribution in [3.05, 3.63) is 112 Å². The zero-order valence-corrected chi connectivity index (χ0v) is 21.4. The molecular formula is C30H30N6O2. The van der Waals surface area contributed by atoms with E-state index in [0.717, 1.165) is 60.1 Å². The van der Waals surface area contributed by atoms with E-state index in [2.05, 4.69) is 27.5 Å². The molecule has 0 amide bonds. The Labute approximate surface area is 221 Å². The lowest BCUT2D eigenvalue weighted by Gasteiger charge is -2.10. The molecule has 0 saturated heterocycles. The van der Waals surface area contributed by atoms with Crippen molar-refractivity contribution >= 4 is 5.91 Å². The average molecular weight is 507 g/mol. The Hall–Kier alpha value is -4.59. The molecule has 8 heteroatoms. The van der Waals surface area contributed by atoms with Crippen LogP contribution in [0.25, 0.3) is 22.5 Å². The fraction of sp³-hybridized carbons (Fsp3) is 0.233. The number of rotatable bonds is 10. The Balaban J connectivity index is 1.43. The SMILES string of the molecule is CCCCCCc1cn(C(=O)c2ccccc2)c(=O)n1Cc1ccc(-c2ccccc2-c2nnn[nH]2)cc1. The summed E-state index contributed by atoms with van der Waals surface area (Å²) in [5.41, 5.74) is 4.98. The molecule has 0 radical (unpaired) electrons. The van der Waals surface area contributed by atoms with E-state index in [1.807, 2.05) is 54.6 Å². The van der Waals surface area contributed by atoms with Crippen LogP contribution in [0.15, 0.2) is 89.9 Å². The third-order valence-electron chi connectivity index (χ3n) is 6.72. The van der Waals surface area contributed by atoms with Crippen LogP contribution in [0, 0.1) is 0 Å². The summed E-state index contributed by atoms with van der Waals surface area (Å²) in [7, 11) is 0. The first-order valence-corrected chi connectivity index (χ1v) is 13.0. The zero-order chi connectivity index (χ0) is 26.3. The van der Waals surface area contributed by atoms with Crippen molar-refractivity contribution in [2.75, 3.05) is 0 Å². The lowest BCUT2D eigenvalue weighted by Crippen LogP contribution is -2.30. The van der Waals surface area contributed by atoms with E-state index in [-0.39, 0.29) is 11.6 Å². The second-order valence-corrected chi connectivity index (χ2v) is 9.33. The molecule has 0 unspecified atom stereocenters. The van der Waals surface area contributed by atoms with Gasteiger partial charge in [0.25, 0.3) is 5.91 Å². The molecular weight excluding hydrogens is 476 g/mol. The van der Waals surface area contributed by atoms with Gasteiger partial charge in [-0.2, -0.15) is 0 Å². The standard InChI is InChI=1S/C30H30N6O2/c1-2-3-4-8-13-25-21-36(29(37)24-11-6-5-7-12-24)30(38)35(25)20-22-16-18-23(19-17-22)26-14-9-10-15-27(26)28-31-33-34-32-28/h5-7,9-12,14-19,21H,2-4,8,13,20H2,1H3,(H,31,32,33,34). The first kappa shape index (κ1) is 25.1. The number of tetrazole rings is 1. The first-order valence-electron chi connectivity index (χ1n) is 13.0. The number of H-pyrrole nitrogens is 1. The van der Waals surface area contributed by atoms with Crippen molar-refractivity contribution in [2.45, 2.75) is 45.6 Å². The molecule has 0 spiro atoms. The van der Waals surface area contributed by atoms with Gasteiger partial charge in [-0.1, -0.05) is 92.9 Å². The van der Waals surface area contributed by atoms with Crippen LogP contribution in [0.2, 0.25) is 0 Å². The molecule has 5 aromatic rings. The summed E-state index contributed by atoms with van der Waals surface area (Å²) in [6.45, 7) is 2.57. The fourth-order valence-electron chi connectivity index (χ4n) is 4.68. The van der Waals surface area contributed by atoms with Crippen molar-refractivity contribution in [2.24, 2.45) is 0 Å². The number of imidazole rings is 1. The largest absolute Gasteiger partial charge is 0.335 e. The molecule has 0 fully saturated rings. The van der Waals surface area contributed by atoms with Crippen LogP contribution in [0.3, 0.4) is 0 Å². The monoisotopic (exact) mass is 506 g/mol. The molecule has 0 aliphatic rings. The van der Waals surface area contributed by atoms with E-state index in [1.165, 1.54) is 4.57 Å². The van der Waals surface area contributed by atoms with Crippen molar-refractivity contribution in [1.82, 2.24) is 29.8 Å². The summed E-state index contributed by atoms with van der Waals surface area (Å²) in [6.07, 6.45) is 6.84. The van der Waals surface area contributed by atoms with Gasteiger partial charge in [-0.15, -0.1) is 5.10 Å². The summed E-state index contributed by atoms with van der Waals surface area (Å²) in [5.74, 6) is 0.298. The normalized spacial score (nSPS) is 11.1. The zero-order valence-electron chi connectivity index (χ0n) is 21.4. The molecule has 0 saturated carbocycles. The van der Waals surface area contributed by atoms with Crippen LogP contribution >= 0.6 is 0 Å². The van der Waals surface area contributed by atoms with Crippen LogP contribution in [0.5, 0.6) is 0 Å². The van der Waals surface area contributed by atoms with E-state index < -0.39 is 0 Å². The molecule has 5 rings (SSSR count). The second kappa shape index (κ2) is 11.6. The van der Waals surface area contributed by atoms with Gasteiger partial charge in [0.2, 0.25) is 0 Å². The van der Waals surface area contributed by atoms with Gasteiger partial charge in [-0.05, 0) is 52.1 Å². The highest BCUT2D eigenvalue weighted by molar-refractivity contribution is 5.95. The highest BCUT2D eigenvalue weighted by Crippen LogP contribution is 2.29. The predicted octanol–water partition coefficient (Wildman–Crippen LogP) is 5.36. The molecule has 1 N–H and O–H groups in total. The average Bonchev–Trinajstić information content (AvgIpc) is 3.61. The van der Waals surface area contributed by atoms with Crippen LogP contribution < -0.4 is 5.69 Å². The maximum absolute atomic E-state index is 13.4. The van der Waals surface area contributed by atoms with Gasteiger partial charge >= 0.3 is 5.69 Å². The maximum Gasteiger partial charge on any atom is 0.335 e. The summed E-state index contributed by atoms with van der Waals surface area (Å²) in [5, 5.41) is 14.3. The lowest BCUT2D eigenvalue weighted by atomic mass is 9.98. The maximum atomic E-state index is 13.4. The highest BCUT2D eigenvalue weighted by atomic mass is 16.2. The van der Waals surface area contributed by atoms with Crippen molar-refractivity contribution in [3.63, 3.8) is 0 Å². The number of carbonyl (C=O) groups excluding carboxylic acids is 1. The number of carbonyl (C=O) groups is 1. The van der Waals surface area contributed by atoms with Gasteiger partial charge in [-0.3, -0.25) is 9.36 Å². The van der Waals surface area contributed by atoms with Crippen LogP contribution in [0.1, 0.15) is 54.2 Å². The molecule has 3 aromatic carbocycles.